The zero-order chi connectivity index (χ0) is 22.0. The van der Waals surface area contributed by atoms with Gasteiger partial charge in [-0.15, -0.1) is 0 Å². The van der Waals surface area contributed by atoms with Crippen LogP contribution in [0.25, 0.3) is 0 Å². The average molecular weight is 388 g/mol. The summed E-state index contributed by atoms with van der Waals surface area (Å²) < 4.78 is 13.0. The van der Waals surface area contributed by atoms with Crippen molar-refractivity contribution in [3.63, 3.8) is 0 Å². The largest absolute Gasteiger partial charge is 0.258 e. The fourth-order valence-corrected chi connectivity index (χ4v) is 2.63. The third-order valence-electron chi connectivity index (χ3n) is 4.11. The van der Waals surface area contributed by atoms with Crippen molar-refractivity contribution in [3.05, 3.63) is 65.7 Å². The number of hydrogen-bond acceptors (Lipinski definition) is 1. The maximum atomic E-state index is 13.0. The Morgan fingerprint density at radius 2 is 1.29 bits per heavy atom. The number of hydrogen-bond donors (Lipinski definition) is 0. The summed E-state index contributed by atoms with van der Waals surface area (Å²) in [6.07, 6.45) is 4.26. The van der Waals surface area contributed by atoms with Gasteiger partial charge in [0.2, 0.25) is 0 Å². The summed E-state index contributed by atoms with van der Waals surface area (Å²) in [5.74, 6) is -0.222. The predicted molar refractivity (Wildman–Crippen MR) is 122 cm³/mol. The summed E-state index contributed by atoms with van der Waals surface area (Å²) in [6, 6.07) is 13.6. The van der Waals surface area contributed by atoms with E-state index >= 15 is 0 Å². The summed E-state index contributed by atoms with van der Waals surface area (Å²) >= 11 is 0. The zero-order valence-corrected chi connectivity index (χ0v) is 19.9. The lowest BCUT2D eigenvalue weighted by Gasteiger charge is -2.18. The average Bonchev–Trinajstić information content (AvgIpc) is 2.54. The van der Waals surface area contributed by atoms with Crippen LogP contribution in [-0.2, 0) is 10.8 Å². The van der Waals surface area contributed by atoms with Gasteiger partial charge in [-0.25, -0.2) is 4.39 Å². The third kappa shape index (κ3) is 11.9. The van der Waals surface area contributed by atoms with Gasteiger partial charge in [-0.1, -0.05) is 106 Å². The molecule has 0 aliphatic carbocycles. The van der Waals surface area contributed by atoms with Gasteiger partial charge in [-0.05, 0) is 34.9 Å². The first kappa shape index (κ1) is 26.3. The van der Waals surface area contributed by atoms with E-state index in [9.17, 15) is 4.39 Å². The first-order valence-corrected chi connectivity index (χ1v) is 10.3. The van der Waals surface area contributed by atoms with E-state index in [1.165, 1.54) is 24.5 Å². The van der Waals surface area contributed by atoms with Crippen molar-refractivity contribution in [1.82, 2.24) is 4.98 Å². The van der Waals surface area contributed by atoms with Crippen molar-refractivity contribution >= 4 is 0 Å². The molecule has 0 amide bonds. The van der Waals surface area contributed by atoms with E-state index in [1.807, 2.05) is 20.8 Å². The molecule has 28 heavy (non-hydrogen) atoms. The summed E-state index contributed by atoms with van der Waals surface area (Å²) in [5.41, 5.74) is 2.57. The summed E-state index contributed by atoms with van der Waals surface area (Å²) in [7, 11) is 0. The van der Waals surface area contributed by atoms with E-state index < -0.39 is 0 Å². The molecule has 0 aliphatic rings. The van der Waals surface area contributed by atoms with Crippen LogP contribution in [0.5, 0.6) is 0 Å². The van der Waals surface area contributed by atoms with Gasteiger partial charge < -0.3 is 0 Å². The van der Waals surface area contributed by atoms with E-state index in [0.29, 0.717) is 16.5 Å². The Bertz CT molecular complexity index is 655. The Morgan fingerprint density at radius 3 is 1.54 bits per heavy atom. The highest BCUT2D eigenvalue weighted by atomic mass is 19.1. The molecule has 1 heterocycles. The minimum atomic E-state index is -0.222. The monoisotopic (exact) mass is 387 g/mol. The van der Waals surface area contributed by atoms with Crippen LogP contribution in [0.2, 0.25) is 0 Å². The second kappa shape index (κ2) is 11.3. The van der Waals surface area contributed by atoms with E-state index in [1.54, 1.807) is 12.3 Å². The first-order valence-electron chi connectivity index (χ1n) is 10.3. The first-order chi connectivity index (χ1) is 12.7. The molecule has 1 nitrogen and oxygen atoms in total. The van der Waals surface area contributed by atoms with Crippen molar-refractivity contribution in [2.45, 2.75) is 92.9 Å². The molecule has 0 spiro atoms. The molecule has 0 saturated heterocycles. The van der Waals surface area contributed by atoms with Crippen LogP contribution in [0.3, 0.4) is 0 Å². The molecule has 0 N–H and O–H groups in total. The molecule has 0 saturated carbocycles. The molecule has 2 aromatic rings. The molecule has 0 atom stereocenters. The maximum absolute atomic E-state index is 13.0. The molecular weight excluding hydrogens is 345 g/mol. The highest BCUT2D eigenvalue weighted by molar-refractivity contribution is 5.22. The van der Waals surface area contributed by atoms with Crippen molar-refractivity contribution < 1.29 is 4.39 Å². The molecule has 1 aromatic heterocycles. The van der Waals surface area contributed by atoms with Crippen molar-refractivity contribution in [3.8, 4) is 0 Å². The normalized spacial score (nSPS) is 11.7. The van der Waals surface area contributed by atoms with Gasteiger partial charge in [-0.2, -0.15) is 0 Å². The lowest BCUT2D eigenvalue weighted by atomic mass is 9.87. The number of nitrogens with zero attached hydrogens (tertiary/aromatic N) is 1. The van der Waals surface area contributed by atoms with Crippen LogP contribution in [-0.4, -0.2) is 4.98 Å². The number of halogens is 1. The Balaban J connectivity index is 0.000000402. The van der Waals surface area contributed by atoms with Gasteiger partial charge in [0.1, 0.15) is 5.82 Å². The number of rotatable bonds is 1. The van der Waals surface area contributed by atoms with Crippen molar-refractivity contribution in [2.75, 3.05) is 0 Å². The van der Waals surface area contributed by atoms with Crippen LogP contribution in [0, 0.1) is 11.2 Å². The standard InChI is InChI=1S/C10H14.C9H12FN.C7H16/c1-10(2,3)9-7-5-4-6-8-9;1-9(2,3)8-7(10)5-4-6-11-8;1-5-6-7(2,3)4/h4-8H,1-3H3;4-6H,1-3H3;5-6H2,1-4H3. The Kier molecular flexibility index (Phi) is 10.6. The minimum absolute atomic E-state index is 0.203. The fraction of sp³-hybridized carbons (Fsp3) is 0.577. The molecular formula is C26H42FN. The van der Waals surface area contributed by atoms with E-state index in [-0.39, 0.29) is 11.2 Å². The highest BCUT2D eigenvalue weighted by Crippen LogP contribution is 2.22. The second-order valence-corrected chi connectivity index (χ2v) is 10.5. The second-order valence-electron chi connectivity index (χ2n) is 10.5. The van der Waals surface area contributed by atoms with Gasteiger partial charge >= 0.3 is 0 Å². The molecule has 0 aliphatic heterocycles. The van der Waals surface area contributed by atoms with Crippen LogP contribution in [0.15, 0.2) is 48.7 Å². The zero-order valence-electron chi connectivity index (χ0n) is 19.9. The smallest absolute Gasteiger partial charge is 0.145 e. The van der Waals surface area contributed by atoms with E-state index in [2.05, 4.69) is 83.8 Å². The molecule has 2 heteroatoms. The lowest BCUT2D eigenvalue weighted by Crippen LogP contribution is -2.15. The predicted octanol–water partition coefficient (Wildman–Crippen LogP) is 8.33. The van der Waals surface area contributed by atoms with Gasteiger partial charge in [0, 0.05) is 11.6 Å². The molecule has 158 valence electrons. The van der Waals surface area contributed by atoms with Crippen molar-refractivity contribution in [2.24, 2.45) is 5.41 Å². The maximum Gasteiger partial charge on any atom is 0.145 e. The number of aromatic nitrogens is 1. The summed E-state index contributed by atoms with van der Waals surface area (Å²) in [6.45, 7) is 21.6. The van der Waals surface area contributed by atoms with Gasteiger partial charge in [-0.3, -0.25) is 4.98 Å². The molecule has 1 aromatic carbocycles. The van der Waals surface area contributed by atoms with Gasteiger partial charge in [0.25, 0.3) is 0 Å². The lowest BCUT2D eigenvalue weighted by molar-refractivity contribution is 0.373. The Morgan fingerprint density at radius 1 is 0.750 bits per heavy atom. The van der Waals surface area contributed by atoms with Crippen LogP contribution >= 0.6 is 0 Å². The highest BCUT2D eigenvalue weighted by Gasteiger charge is 2.18. The van der Waals surface area contributed by atoms with Crippen molar-refractivity contribution in [1.29, 1.82) is 0 Å². The van der Waals surface area contributed by atoms with Crippen LogP contribution in [0.4, 0.5) is 4.39 Å². The van der Waals surface area contributed by atoms with E-state index in [4.69, 9.17) is 0 Å². The number of pyridine rings is 1. The Hall–Kier alpha value is -1.70. The van der Waals surface area contributed by atoms with E-state index in [0.717, 1.165) is 0 Å². The van der Waals surface area contributed by atoms with Gasteiger partial charge in [0.05, 0.1) is 5.69 Å². The summed E-state index contributed by atoms with van der Waals surface area (Å²) in [4.78, 5) is 3.97. The summed E-state index contributed by atoms with van der Waals surface area (Å²) in [5, 5.41) is 0. The molecule has 0 radical (unpaired) electrons. The quantitative estimate of drug-likeness (QED) is 0.479. The van der Waals surface area contributed by atoms with Gasteiger partial charge in [0.15, 0.2) is 0 Å². The Labute approximate surface area is 173 Å². The van der Waals surface area contributed by atoms with Crippen LogP contribution < -0.4 is 0 Å². The third-order valence-corrected chi connectivity index (χ3v) is 4.11. The molecule has 0 unspecified atom stereocenters. The molecule has 0 bridgehead atoms. The fourth-order valence-electron chi connectivity index (χ4n) is 2.63. The SMILES string of the molecule is CC(C)(C)c1ccccc1.CC(C)(C)c1ncccc1F.CCCC(C)(C)C. The van der Waals surface area contributed by atoms with Crippen LogP contribution in [0.1, 0.15) is 93.3 Å². The number of benzene rings is 1. The topological polar surface area (TPSA) is 12.9 Å². The molecule has 2 rings (SSSR count). The molecule has 0 fully saturated rings. The minimum Gasteiger partial charge on any atom is -0.258 e.